The quantitative estimate of drug-likeness (QED) is 0.722. The highest BCUT2D eigenvalue weighted by atomic mass is 16.2. The zero-order chi connectivity index (χ0) is 18.1. The van der Waals surface area contributed by atoms with Crippen molar-refractivity contribution in [2.24, 2.45) is 10.8 Å². The van der Waals surface area contributed by atoms with Gasteiger partial charge in [-0.3, -0.25) is 14.6 Å². The third-order valence-electron chi connectivity index (χ3n) is 4.05. The average Bonchev–Trinajstić information content (AvgIpc) is 3.30. The first kappa shape index (κ1) is 15.8. The monoisotopic (exact) mass is 349 g/mol. The van der Waals surface area contributed by atoms with E-state index >= 15 is 0 Å². The Balaban J connectivity index is 1.61. The highest BCUT2D eigenvalue weighted by molar-refractivity contribution is 6.44. The Bertz CT molecular complexity index is 1010. The number of nitrogens with two attached hydrogens (primary N) is 1. The molecule has 3 N–H and O–H groups in total. The first-order valence-corrected chi connectivity index (χ1v) is 7.94. The summed E-state index contributed by atoms with van der Waals surface area (Å²) in [4.78, 5) is 28.6. The molecule has 0 saturated heterocycles. The van der Waals surface area contributed by atoms with Crippen molar-refractivity contribution in [1.82, 2.24) is 14.6 Å². The zero-order valence-electron chi connectivity index (χ0n) is 13.6. The molecule has 1 aromatic carbocycles. The minimum Gasteiger partial charge on any atom is -0.368 e. The molecule has 1 aliphatic rings. The molecule has 2 aromatic heterocycles. The number of hydrogen-bond acceptors (Lipinski definition) is 6. The Morgan fingerprint density at radius 2 is 1.92 bits per heavy atom. The van der Waals surface area contributed by atoms with Crippen LogP contribution in [0.2, 0.25) is 0 Å². The van der Waals surface area contributed by atoms with Crippen LogP contribution in [0.15, 0.2) is 60.0 Å². The number of hydrazone groups is 1. The van der Waals surface area contributed by atoms with Crippen LogP contribution < -0.4 is 16.1 Å². The van der Waals surface area contributed by atoms with Gasteiger partial charge in [-0.15, -0.1) is 0 Å². The van der Waals surface area contributed by atoms with Gasteiger partial charge in [0.2, 0.25) is 5.91 Å². The zero-order valence-corrected chi connectivity index (χ0v) is 13.6. The number of benzene rings is 1. The summed E-state index contributed by atoms with van der Waals surface area (Å²) >= 11 is 0. The summed E-state index contributed by atoms with van der Waals surface area (Å²) in [5.41, 5.74) is 7.01. The van der Waals surface area contributed by atoms with Gasteiger partial charge in [-0.2, -0.15) is 14.7 Å². The summed E-state index contributed by atoms with van der Waals surface area (Å²) in [6.07, 6.45) is 3.29. The van der Waals surface area contributed by atoms with Crippen molar-refractivity contribution in [3.05, 3.63) is 54.9 Å². The van der Waals surface area contributed by atoms with Gasteiger partial charge in [0, 0.05) is 18.7 Å². The second-order valence-electron chi connectivity index (χ2n) is 5.73. The van der Waals surface area contributed by atoms with Crippen LogP contribution in [-0.2, 0) is 9.59 Å². The van der Waals surface area contributed by atoms with Crippen LogP contribution in [0.3, 0.4) is 0 Å². The minimum absolute atomic E-state index is 0.128. The maximum Gasteiger partial charge on any atom is 0.273 e. The van der Waals surface area contributed by atoms with E-state index in [1.807, 2.05) is 18.2 Å². The van der Waals surface area contributed by atoms with Gasteiger partial charge in [-0.25, -0.2) is 4.98 Å². The molecule has 9 heteroatoms. The number of carbonyl (C=O) groups is 2. The van der Waals surface area contributed by atoms with Crippen LogP contribution >= 0.6 is 0 Å². The van der Waals surface area contributed by atoms with Gasteiger partial charge >= 0.3 is 0 Å². The summed E-state index contributed by atoms with van der Waals surface area (Å²) in [7, 11) is 0. The van der Waals surface area contributed by atoms with E-state index in [0.717, 1.165) is 0 Å². The molecular weight excluding hydrogens is 334 g/mol. The summed E-state index contributed by atoms with van der Waals surface area (Å²) in [5.74, 6) is -0.502. The Morgan fingerprint density at radius 3 is 2.69 bits per heavy atom. The number of primary amides is 1. The summed E-state index contributed by atoms with van der Waals surface area (Å²) in [6, 6.07) is 11.8. The molecule has 3 heterocycles. The van der Waals surface area contributed by atoms with Gasteiger partial charge in [-0.1, -0.05) is 18.2 Å². The third-order valence-corrected chi connectivity index (χ3v) is 4.05. The van der Waals surface area contributed by atoms with E-state index in [4.69, 9.17) is 5.73 Å². The van der Waals surface area contributed by atoms with Crippen molar-refractivity contribution in [3.8, 4) is 0 Å². The van der Waals surface area contributed by atoms with Gasteiger partial charge in [0.15, 0.2) is 5.65 Å². The largest absolute Gasteiger partial charge is 0.368 e. The van der Waals surface area contributed by atoms with Gasteiger partial charge in [0.05, 0.1) is 11.9 Å². The summed E-state index contributed by atoms with van der Waals surface area (Å²) < 4.78 is 1.51. The van der Waals surface area contributed by atoms with E-state index < -0.39 is 17.9 Å². The molecule has 4 rings (SSSR count). The van der Waals surface area contributed by atoms with Crippen molar-refractivity contribution >= 4 is 34.7 Å². The fourth-order valence-electron chi connectivity index (χ4n) is 2.81. The normalized spacial score (nSPS) is 16.5. The van der Waals surface area contributed by atoms with Crippen molar-refractivity contribution in [2.75, 3.05) is 10.3 Å². The summed E-state index contributed by atoms with van der Waals surface area (Å²) in [6.45, 7) is 0. The predicted molar refractivity (Wildman–Crippen MR) is 95.6 cm³/mol. The Kier molecular flexibility index (Phi) is 3.81. The number of amides is 2. The minimum atomic E-state index is -0.708. The highest BCUT2D eigenvalue weighted by Gasteiger charge is 2.35. The Morgan fingerprint density at radius 1 is 1.12 bits per heavy atom. The Hall–Kier alpha value is -3.75. The number of para-hydroxylation sites is 1. The van der Waals surface area contributed by atoms with Gasteiger partial charge in [-0.05, 0) is 18.2 Å². The molecular formula is C17H15N7O2. The number of hydrogen-bond donors (Lipinski definition) is 2. The first-order chi connectivity index (χ1) is 12.6. The SMILES string of the molecule is NC(=O)[C@H]1CC(C(=O)Nc2ccnc3ccnn23)=NN1c1ccccc1. The van der Waals surface area contributed by atoms with Crippen LogP contribution in [0.1, 0.15) is 6.42 Å². The lowest BCUT2D eigenvalue weighted by Gasteiger charge is -2.20. The molecule has 1 atom stereocenters. The van der Waals surface area contributed by atoms with Crippen molar-refractivity contribution < 1.29 is 9.59 Å². The molecule has 0 spiro atoms. The molecule has 1 aliphatic heterocycles. The second kappa shape index (κ2) is 6.28. The summed E-state index contributed by atoms with van der Waals surface area (Å²) in [5, 5.41) is 12.7. The lowest BCUT2D eigenvalue weighted by Crippen LogP contribution is -2.39. The van der Waals surface area contributed by atoms with E-state index in [0.29, 0.717) is 17.2 Å². The second-order valence-corrected chi connectivity index (χ2v) is 5.73. The maximum atomic E-state index is 12.6. The van der Waals surface area contributed by atoms with Crippen LogP contribution in [-0.4, -0.2) is 38.2 Å². The predicted octanol–water partition coefficient (Wildman–Crippen LogP) is 0.788. The van der Waals surface area contributed by atoms with Crippen LogP contribution in [0, 0.1) is 0 Å². The highest BCUT2D eigenvalue weighted by Crippen LogP contribution is 2.24. The molecule has 26 heavy (non-hydrogen) atoms. The molecule has 9 nitrogen and oxygen atoms in total. The fraction of sp³-hybridized carbons (Fsp3) is 0.118. The van der Waals surface area contributed by atoms with Crippen molar-refractivity contribution in [1.29, 1.82) is 0 Å². The molecule has 2 amide bonds. The Labute approximate surface area is 148 Å². The molecule has 0 radical (unpaired) electrons. The smallest absolute Gasteiger partial charge is 0.273 e. The van der Waals surface area contributed by atoms with E-state index in [1.165, 1.54) is 9.52 Å². The number of nitrogens with zero attached hydrogens (tertiary/aromatic N) is 5. The number of aromatic nitrogens is 3. The van der Waals surface area contributed by atoms with Gasteiger partial charge in [0.25, 0.3) is 5.91 Å². The molecule has 0 saturated carbocycles. The lowest BCUT2D eigenvalue weighted by atomic mass is 10.1. The molecule has 0 unspecified atom stereocenters. The third kappa shape index (κ3) is 2.75. The van der Waals surface area contributed by atoms with E-state index in [2.05, 4.69) is 20.5 Å². The molecule has 3 aromatic rings. The molecule has 0 fully saturated rings. The van der Waals surface area contributed by atoms with Crippen molar-refractivity contribution in [2.45, 2.75) is 12.5 Å². The fourth-order valence-corrected chi connectivity index (χ4v) is 2.81. The van der Waals surface area contributed by atoms with E-state index in [-0.39, 0.29) is 12.1 Å². The van der Waals surface area contributed by atoms with E-state index in [1.54, 1.807) is 36.7 Å². The number of anilines is 2. The molecule has 0 aliphatic carbocycles. The van der Waals surface area contributed by atoms with Gasteiger partial charge < -0.3 is 11.1 Å². The van der Waals surface area contributed by atoms with E-state index in [9.17, 15) is 9.59 Å². The number of rotatable bonds is 4. The standard InChI is InChI=1S/C17H15N7O2/c18-16(25)13-10-12(22-23(13)11-4-2-1-3-5-11)17(26)21-15-6-8-19-14-7-9-20-24(14)15/h1-9,13H,10H2,(H2,18,25)(H,21,26)/t13-/m1/s1. The van der Waals surface area contributed by atoms with Crippen molar-refractivity contribution in [3.63, 3.8) is 0 Å². The van der Waals surface area contributed by atoms with Crippen LogP contribution in [0.5, 0.6) is 0 Å². The number of carbonyl (C=O) groups excluding carboxylic acids is 2. The number of nitrogens with one attached hydrogen (secondary N) is 1. The van der Waals surface area contributed by atoms with Crippen LogP contribution in [0.25, 0.3) is 5.65 Å². The van der Waals surface area contributed by atoms with Gasteiger partial charge in [0.1, 0.15) is 17.6 Å². The average molecular weight is 349 g/mol. The lowest BCUT2D eigenvalue weighted by molar-refractivity contribution is -0.119. The topological polar surface area (TPSA) is 118 Å². The first-order valence-electron chi connectivity index (χ1n) is 7.94. The maximum absolute atomic E-state index is 12.6. The molecule has 130 valence electrons. The number of fused-ring (bicyclic) bond motifs is 1. The van der Waals surface area contributed by atoms with Crippen LogP contribution in [0.4, 0.5) is 11.5 Å². The molecule has 0 bridgehead atoms.